The molecule has 0 spiro atoms. The minimum absolute atomic E-state index is 0.0683. The van der Waals surface area contributed by atoms with Crippen molar-refractivity contribution in [2.45, 2.75) is 38.8 Å². The molecule has 8 nitrogen and oxygen atoms in total. The smallest absolute Gasteiger partial charge is 0.254 e. The maximum Gasteiger partial charge on any atom is 0.254 e. The first-order valence-electron chi connectivity index (χ1n) is 10.3. The maximum absolute atomic E-state index is 12.7. The number of fused-ring (bicyclic) bond motifs is 1. The lowest BCUT2D eigenvalue weighted by atomic mass is 10.0. The van der Waals surface area contributed by atoms with Crippen LogP contribution in [0.2, 0.25) is 0 Å². The van der Waals surface area contributed by atoms with E-state index in [0.29, 0.717) is 38.3 Å². The number of nitrogens with one attached hydrogen (secondary N) is 1. The van der Waals surface area contributed by atoms with Gasteiger partial charge >= 0.3 is 0 Å². The van der Waals surface area contributed by atoms with E-state index in [4.69, 9.17) is 9.72 Å². The van der Waals surface area contributed by atoms with Crippen LogP contribution in [0, 0.1) is 0 Å². The van der Waals surface area contributed by atoms with E-state index in [-0.39, 0.29) is 17.2 Å². The lowest BCUT2D eigenvalue weighted by Gasteiger charge is -2.28. The van der Waals surface area contributed by atoms with E-state index in [1.807, 2.05) is 24.3 Å². The quantitative estimate of drug-likeness (QED) is 0.743. The van der Waals surface area contributed by atoms with Gasteiger partial charge in [0.1, 0.15) is 11.6 Å². The number of aromatic amines is 1. The number of hydrogen-bond acceptors (Lipinski definition) is 6. The van der Waals surface area contributed by atoms with Gasteiger partial charge in [-0.05, 0) is 37.5 Å². The second kappa shape index (κ2) is 8.49. The Morgan fingerprint density at radius 2 is 2.00 bits per heavy atom. The third-order valence-electron chi connectivity index (χ3n) is 6.03. The highest BCUT2D eigenvalue weighted by Gasteiger charge is 2.33. The molecule has 0 radical (unpaired) electrons. The molecule has 1 saturated heterocycles. The van der Waals surface area contributed by atoms with Gasteiger partial charge in [-0.1, -0.05) is 12.1 Å². The number of aromatic nitrogens is 2. The lowest BCUT2D eigenvalue weighted by molar-refractivity contribution is 0.239. The van der Waals surface area contributed by atoms with Crippen molar-refractivity contribution in [1.82, 2.24) is 19.2 Å². The fourth-order valence-corrected chi connectivity index (χ4v) is 5.37. The van der Waals surface area contributed by atoms with E-state index in [0.717, 1.165) is 30.1 Å². The van der Waals surface area contributed by atoms with Crippen LogP contribution < -0.4 is 10.3 Å². The molecule has 2 aromatic rings. The van der Waals surface area contributed by atoms with Gasteiger partial charge in [0.2, 0.25) is 10.0 Å². The van der Waals surface area contributed by atoms with E-state index < -0.39 is 10.0 Å². The first-order chi connectivity index (χ1) is 14.4. The van der Waals surface area contributed by atoms with E-state index in [1.165, 1.54) is 9.87 Å². The second-order valence-corrected chi connectivity index (χ2v) is 10.2. The van der Waals surface area contributed by atoms with Gasteiger partial charge in [-0.15, -0.1) is 0 Å². The number of H-pyrrole nitrogens is 1. The van der Waals surface area contributed by atoms with Crippen LogP contribution in [-0.2, 0) is 29.5 Å². The molecule has 2 aliphatic heterocycles. The monoisotopic (exact) mass is 432 g/mol. The van der Waals surface area contributed by atoms with Crippen LogP contribution in [0.3, 0.4) is 0 Å². The van der Waals surface area contributed by atoms with Crippen LogP contribution in [0.4, 0.5) is 0 Å². The van der Waals surface area contributed by atoms with E-state index in [2.05, 4.69) is 9.88 Å². The fourth-order valence-electron chi connectivity index (χ4n) is 4.22. The molecule has 162 valence electrons. The Labute approximate surface area is 176 Å². The Balaban J connectivity index is 1.50. The molecular weight excluding hydrogens is 404 g/mol. The molecule has 1 aromatic carbocycles. The van der Waals surface area contributed by atoms with Crippen molar-refractivity contribution in [2.24, 2.45) is 0 Å². The zero-order chi connectivity index (χ0) is 21.3. The molecule has 0 unspecified atom stereocenters. The highest BCUT2D eigenvalue weighted by Crippen LogP contribution is 2.27. The second-order valence-electron chi connectivity index (χ2n) is 7.93. The summed E-state index contributed by atoms with van der Waals surface area (Å²) < 4.78 is 31.0. The number of benzene rings is 1. The van der Waals surface area contributed by atoms with Gasteiger partial charge in [0.05, 0.1) is 18.6 Å². The van der Waals surface area contributed by atoms with Crippen LogP contribution in [-0.4, -0.2) is 60.1 Å². The van der Waals surface area contributed by atoms with Gasteiger partial charge in [0.25, 0.3) is 5.56 Å². The third kappa shape index (κ3) is 4.28. The topological polar surface area (TPSA) is 95.6 Å². The first-order valence-corrected chi connectivity index (χ1v) is 12.0. The molecule has 1 N–H and O–H groups in total. The van der Waals surface area contributed by atoms with Gasteiger partial charge in [-0.25, -0.2) is 17.7 Å². The Bertz CT molecular complexity index is 1070. The molecule has 1 atom stereocenters. The summed E-state index contributed by atoms with van der Waals surface area (Å²) in [5.41, 5.74) is 2.66. The summed E-state index contributed by atoms with van der Waals surface area (Å²) in [5.74, 6) is 1.46. The summed E-state index contributed by atoms with van der Waals surface area (Å²) in [6.45, 7) is 4.70. The summed E-state index contributed by atoms with van der Waals surface area (Å²) in [6.07, 6.45) is 1.34. The molecule has 30 heavy (non-hydrogen) atoms. The van der Waals surface area contributed by atoms with Crippen molar-refractivity contribution in [2.75, 3.05) is 32.5 Å². The summed E-state index contributed by atoms with van der Waals surface area (Å²) in [5, 5.41) is 0. The Morgan fingerprint density at radius 1 is 1.23 bits per heavy atom. The van der Waals surface area contributed by atoms with Crippen molar-refractivity contribution in [3.63, 3.8) is 0 Å². The lowest BCUT2D eigenvalue weighted by Crippen LogP contribution is -2.36. The van der Waals surface area contributed by atoms with E-state index in [9.17, 15) is 13.2 Å². The number of rotatable bonds is 6. The molecule has 0 bridgehead atoms. The Kier molecular flexibility index (Phi) is 5.95. The molecule has 1 fully saturated rings. The largest absolute Gasteiger partial charge is 0.497 e. The normalized spacial score (nSPS) is 20.3. The molecule has 9 heteroatoms. The van der Waals surface area contributed by atoms with Gasteiger partial charge < -0.3 is 9.72 Å². The number of hydrogen-bond donors (Lipinski definition) is 1. The van der Waals surface area contributed by atoms with Crippen molar-refractivity contribution >= 4 is 10.0 Å². The number of nitrogens with zero attached hydrogens (tertiary/aromatic N) is 3. The van der Waals surface area contributed by atoms with Crippen molar-refractivity contribution in [3.8, 4) is 5.75 Å². The van der Waals surface area contributed by atoms with Gasteiger partial charge in [-0.2, -0.15) is 0 Å². The molecule has 0 aliphatic carbocycles. The van der Waals surface area contributed by atoms with Crippen LogP contribution in [0.25, 0.3) is 0 Å². The van der Waals surface area contributed by atoms with Crippen molar-refractivity contribution < 1.29 is 13.2 Å². The minimum Gasteiger partial charge on any atom is -0.497 e. The molecule has 2 aliphatic rings. The summed E-state index contributed by atoms with van der Waals surface area (Å²) in [6, 6.07) is 7.99. The van der Waals surface area contributed by atoms with Crippen molar-refractivity contribution in [3.05, 3.63) is 57.3 Å². The highest BCUT2D eigenvalue weighted by molar-refractivity contribution is 7.89. The fraction of sp³-hybridized carbons (Fsp3) is 0.524. The molecule has 3 heterocycles. The van der Waals surface area contributed by atoms with E-state index >= 15 is 0 Å². The minimum atomic E-state index is -3.22. The van der Waals surface area contributed by atoms with Crippen LogP contribution in [0.15, 0.2) is 29.1 Å². The molecule has 4 rings (SSSR count). The van der Waals surface area contributed by atoms with E-state index in [1.54, 1.807) is 14.0 Å². The molecular formula is C21H28N4O4S. The summed E-state index contributed by atoms with van der Waals surface area (Å²) in [7, 11) is -1.57. The van der Waals surface area contributed by atoms with Gasteiger partial charge in [0, 0.05) is 44.2 Å². The van der Waals surface area contributed by atoms with Crippen LogP contribution in [0.1, 0.15) is 41.9 Å². The van der Waals surface area contributed by atoms with Crippen LogP contribution in [0.5, 0.6) is 5.75 Å². The Hall–Kier alpha value is -2.23. The number of ether oxygens (including phenoxy) is 1. The SMILES string of the molecule is CCS(=O)(=O)N1CC[C@H](c2nc3c(c(=O)[nH]2)CCN(Cc2ccc(OC)cc2)C3)C1. The zero-order valence-electron chi connectivity index (χ0n) is 17.4. The first kappa shape index (κ1) is 21.0. The summed E-state index contributed by atoms with van der Waals surface area (Å²) in [4.78, 5) is 22.6. The molecule has 1 aromatic heterocycles. The maximum atomic E-state index is 12.7. The molecule has 0 saturated carbocycles. The Morgan fingerprint density at radius 3 is 2.70 bits per heavy atom. The van der Waals surface area contributed by atoms with Crippen molar-refractivity contribution in [1.29, 1.82) is 0 Å². The number of methoxy groups -OCH3 is 1. The predicted molar refractivity (Wildman–Crippen MR) is 114 cm³/mol. The van der Waals surface area contributed by atoms with Gasteiger partial charge in [-0.3, -0.25) is 9.69 Å². The molecule has 0 amide bonds. The summed E-state index contributed by atoms with van der Waals surface area (Å²) >= 11 is 0. The highest BCUT2D eigenvalue weighted by atomic mass is 32.2. The average Bonchev–Trinajstić information content (AvgIpc) is 3.25. The zero-order valence-corrected chi connectivity index (χ0v) is 18.2. The number of sulfonamides is 1. The standard InChI is InChI=1S/C21H28N4O4S/c1-3-30(27,28)25-11-8-16(13-25)20-22-19-14-24(10-9-18(19)21(26)23-20)12-15-4-6-17(29-2)7-5-15/h4-7,16H,3,8-14H2,1-2H3,(H,22,23,26)/t16-/m0/s1. The predicted octanol–water partition coefficient (Wildman–Crippen LogP) is 1.48. The van der Waals surface area contributed by atoms with Crippen LogP contribution >= 0.6 is 0 Å². The average molecular weight is 433 g/mol. The third-order valence-corrected chi connectivity index (χ3v) is 7.88. The van der Waals surface area contributed by atoms with Gasteiger partial charge in [0.15, 0.2) is 0 Å².